The number of aliphatic hydroxyl groups excluding tert-OH is 1. The van der Waals surface area contributed by atoms with Crippen LogP contribution in [0.5, 0.6) is 0 Å². The number of likely N-dealkylation sites (tertiary alicyclic amines) is 1. The van der Waals surface area contributed by atoms with Crippen LogP contribution < -0.4 is 10.6 Å². The molecule has 35 heavy (non-hydrogen) atoms. The Labute approximate surface area is 218 Å². The first-order chi connectivity index (χ1) is 16.4. The highest BCUT2D eigenvalue weighted by Gasteiger charge is 2.44. The molecule has 0 bridgehead atoms. The van der Waals surface area contributed by atoms with Gasteiger partial charge in [-0.05, 0) is 30.4 Å². The Kier molecular flexibility index (Phi) is 8.72. The van der Waals surface area contributed by atoms with Gasteiger partial charge in [0, 0.05) is 13.0 Å². The van der Waals surface area contributed by atoms with Gasteiger partial charge in [-0.3, -0.25) is 14.4 Å². The predicted molar refractivity (Wildman–Crippen MR) is 140 cm³/mol. The van der Waals surface area contributed by atoms with Crippen LogP contribution in [0.1, 0.15) is 51.4 Å². The molecule has 10 heteroatoms. The van der Waals surface area contributed by atoms with Gasteiger partial charge >= 0.3 is 0 Å². The van der Waals surface area contributed by atoms with E-state index in [0.29, 0.717) is 0 Å². The average molecular weight is 566 g/mol. The van der Waals surface area contributed by atoms with Crippen molar-refractivity contribution in [2.45, 2.75) is 65.3 Å². The van der Waals surface area contributed by atoms with Crippen molar-refractivity contribution in [3.8, 4) is 10.4 Å². The van der Waals surface area contributed by atoms with Crippen molar-refractivity contribution in [2.75, 3.05) is 11.9 Å². The average Bonchev–Trinajstić information content (AvgIpc) is 3.41. The van der Waals surface area contributed by atoms with Gasteiger partial charge in [-0.15, -0.1) is 11.3 Å². The van der Waals surface area contributed by atoms with Gasteiger partial charge in [0.1, 0.15) is 12.1 Å². The number of nitrogens with zero attached hydrogens (tertiary/aromatic N) is 2. The molecule has 1 saturated heterocycles. The van der Waals surface area contributed by atoms with Crippen molar-refractivity contribution in [1.29, 1.82) is 0 Å². The smallest absolute Gasteiger partial charge is 0.246 e. The van der Waals surface area contributed by atoms with Gasteiger partial charge < -0.3 is 20.6 Å². The molecule has 1 aliphatic rings. The van der Waals surface area contributed by atoms with Crippen molar-refractivity contribution in [1.82, 2.24) is 20.5 Å². The van der Waals surface area contributed by atoms with E-state index in [1.165, 1.54) is 4.90 Å². The Morgan fingerprint density at radius 1 is 1.23 bits per heavy atom. The van der Waals surface area contributed by atoms with Crippen LogP contribution in [0.3, 0.4) is 0 Å². The lowest BCUT2D eigenvalue weighted by Crippen LogP contribution is -2.58. The molecule has 3 N–H and O–H groups in total. The lowest BCUT2D eigenvalue weighted by atomic mass is 9.85. The third-order valence-corrected chi connectivity index (χ3v) is 7.67. The summed E-state index contributed by atoms with van der Waals surface area (Å²) in [5.74, 6) is -1.02. The number of aliphatic hydroxyl groups is 1. The number of aromatic nitrogens is 1. The summed E-state index contributed by atoms with van der Waals surface area (Å²) < 4.78 is 0. The number of hydrogen-bond acceptors (Lipinski definition) is 6. The zero-order valence-corrected chi connectivity index (χ0v) is 23.1. The Bertz CT molecular complexity index is 1070. The van der Waals surface area contributed by atoms with Gasteiger partial charge in [0.05, 0.1) is 33.6 Å². The molecule has 0 aliphatic carbocycles. The van der Waals surface area contributed by atoms with Crippen LogP contribution in [0.25, 0.3) is 10.4 Å². The summed E-state index contributed by atoms with van der Waals surface area (Å²) in [6, 6.07) is 6.02. The molecule has 3 rings (SSSR count). The van der Waals surface area contributed by atoms with E-state index in [0.717, 1.165) is 21.7 Å². The Hall–Kier alpha value is -2.30. The summed E-state index contributed by atoms with van der Waals surface area (Å²) in [6.45, 7) is 9.46. The Balaban J connectivity index is 1.73. The summed E-state index contributed by atoms with van der Waals surface area (Å²) in [6.07, 6.45) is -0.656. The number of carbonyl (C=O) groups is 3. The number of carbonyl (C=O) groups excluding carboxylic acids is 3. The van der Waals surface area contributed by atoms with E-state index in [9.17, 15) is 19.5 Å². The monoisotopic (exact) mass is 564 g/mol. The van der Waals surface area contributed by atoms with E-state index in [1.807, 2.05) is 64.4 Å². The predicted octanol–water partition coefficient (Wildman–Crippen LogP) is 3.18. The zero-order valence-electron chi connectivity index (χ0n) is 20.7. The molecule has 4 atom stereocenters. The minimum atomic E-state index is -0.826. The molecular formula is C25H33BrN4O4S. The van der Waals surface area contributed by atoms with Crippen LogP contribution in [-0.2, 0) is 14.4 Å². The molecule has 1 aromatic carbocycles. The Morgan fingerprint density at radius 2 is 1.89 bits per heavy atom. The standard InChI is InChI=1S/C25H33BrN4O4S/c1-14(16-6-8-17(9-7-16)21-15(2)27-13-35-21)28-23(33)19-10-18(31)12-30(19)24(34)22(25(3,4)5)29-20(32)11-26/h6-9,13-14,18-19,22,31H,10-12H2,1-5H3,(H,28,33)(H,29,32). The maximum Gasteiger partial charge on any atom is 0.246 e. The number of benzene rings is 1. The summed E-state index contributed by atoms with van der Waals surface area (Å²) in [5.41, 5.74) is 4.23. The lowest BCUT2D eigenvalue weighted by Gasteiger charge is -2.35. The van der Waals surface area contributed by atoms with Crippen LogP contribution in [0.2, 0.25) is 0 Å². The first-order valence-electron chi connectivity index (χ1n) is 11.6. The molecule has 190 valence electrons. The molecule has 0 spiro atoms. The number of rotatable bonds is 7. The molecule has 0 saturated carbocycles. The van der Waals surface area contributed by atoms with E-state index in [-0.39, 0.29) is 42.1 Å². The van der Waals surface area contributed by atoms with Crippen LogP contribution in [0.4, 0.5) is 0 Å². The summed E-state index contributed by atoms with van der Waals surface area (Å²) in [4.78, 5) is 45.5. The van der Waals surface area contributed by atoms with Gasteiger partial charge in [-0.2, -0.15) is 0 Å². The fraction of sp³-hybridized carbons (Fsp3) is 0.520. The molecule has 2 heterocycles. The third kappa shape index (κ3) is 6.48. The second-order valence-electron chi connectivity index (χ2n) is 10.0. The molecular weight excluding hydrogens is 532 g/mol. The number of alkyl halides is 1. The SMILES string of the molecule is Cc1ncsc1-c1ccc(C(C)NC(=O)C2CC(O)CN2C(=O)C(NC(=O)CBr)C(C)(C)C)cc1. The van der Waals surface area contributed by atoms with Crippen LogP contribution in [0, 0.1) is 12.3 Å². The highest BCUT2D eigenvalue weighted by molar-refractivity contribution is 9.09. The second-order valence-corrected chi connectivity index (χ2v) is 11.4. The highest BCUT2D eigenvalue weighted by Crippen LogP contribution is 2.29. The largest absolute Gasteiger partial charge is 0.391 e. The van der Waals surface area contributed by atoms with Gasteiger partial charge in [-0.25, -0.2) is 4.98 Å². The number of halogens is 1. The molecule has 2 aromatic rings. The van der Waals surface area contributed by atoms with Gasteiger partial charge in [-0.1, -0.05) is 61.0 Å². The molecule has 0 radical (unpaired) electrons. The van der Waals surface area contributed by atoms with E-state index in [1.54, 1.807) is 11.3 Å². The van der Waals surface area contributed by atoms with Gasteiger partial charge in [0.15, 0.2) is 0 Å². The highest BCUT2D eigenvalue weighted by atomic mass is 79.9. The van der Waals surface area contributed by atoms with Crippen molar-refractivity contribution in [2.24, 2.45) is 5.41 Å². The maximum atomic E-state index is 13.4. The minimum absolute atomic E-state index is 0.0466. The number of nitrogens with one attached hydrogen (secondary N) is 2. The minimum Gasteiger partial charge on any atom is -0.391 e. The molecule has 4 unspecified atom stereocenters. The molecule has 1 aliphatic heterocycles. The maximum absolute atomic E-state index is 13.4. The quantitative estimate of drug-likeness (QED) is 0.447. The van der Waals surface area contributed by atoms with Crippen LogP contribution >= 0.6 is 27.3 Å². The first kappa shape index (κ1) is 27.3. The zero-order chi connectivity index (χ0) is 25.9. The number of β-amino-alcohol motifs (C(OH)–C–C–N with tert-alkyl or cyclic N) is 1. The molecule has 1 aromatic heterocycles. The molecule has 1 fully saturated rings. The number of aryl methyl sites for hydroxylation is 1. The van der Waals surface area contributed by atoms with Gasteiger partial charge in [0.25, 0.3) is 0 Å². The summed E-state index contributed by atoms with van der Waals surface area (Å²) in [5, 5.41) is 16.1. The first-order valence-corrected chi connectivity index (χ1v) is 13.6. The summed E-state index contributed by atoms with van der Waals surface area (Å²) >= 11 is 4.70. The van der Waals surface area contributed by atoms with E-state index >= 15 is 0 Å². The number of hydrogen-bond donors (Lipinski definition) is 3. The van der Waals surface area contributed by atoms with E-state index in [4.69, 9.17) is 0 Å². The lowest BCUT2D eigenvalue weighted by molar-refractivity contribution is -0.143. The number of thiazole rings is 1. The van der Waals surface area contributed by atoms with Gasteiger partial charge in [0.2, 0.25) is 17.7 Å². The van der Waals surface area contributed by atoms with Crippen LogP contribution in [-0.4, -0.2) is 62.8 Å². The van der Waals surface area contributed by atoms with Crippen molar-refractivity contribution in [3.05, 3.63) is 41.0 Å². The van der Waals surface area contributed by atoms with Crippen molar-refractivity contribution in [3.63, 3.8) is 0 Å². The van der Waals surface area contributed by atoms with Crippen molar-refractivity contribution < 1.29 is 19.5 Å². The normalized spacial score (nSPS) is 19.8. The van der Waals surface area contributed by atoms with Crippen molar-refractivity contribution >= 4 is 45.0 Å². The third-order valence-electron chi connectivity index (χ3n) is 6.18. The fourth-order valence-electron chi connectivity index (χ4n) is 4.22. The van der Waals surface area contributed by atoms with E-state index in [2.05, 4.69) is 31.5 Å². The summed E-state index contributed by atoms with van der Waals surface area (Å²) in [7, 11) is 0. The topological polar surface area (TPSA) is 112 Å². The number of amides is 3. The Morgan fingerprint density at radius 3 is 2.43 bits per heavy atom. The van der Waals surface area contributed by atoms with E-state index < -0.39 is 23.6 Å². The second kappa shape index (κ2) is 11.2. The van der Waals surface area contributed by atoms with Crippen LogP contribution in [0.15, 0.2) is 29.8 Å². The molecule has 8 nitrogen and oxygen atoms in total. The fourth-order valence-corrected chi connectivity index (χ4v) is 5.19. The molecule has 3 amide bonds.